The van der Waals surface area contributed by atoms with Gasteiger partial charge in [-0.15, -0.1) is 0 Å². The number of nitrogens with two attached hydrogens (primary N) is 1. The summed E-state index contributed by atoms with van der Waals surface area (Å²) in [5, 5.41) is 15.7. The Morgan fingerprint density at radius 3 is 2.18 bits per heavy atom. The lowest BCUT2D eigenvalue weighted by Gasteiger charge is -2.35. The highest BCUT2D eigenvalue weighted by molar-refractivity contribution is 5.92. The summed E-state index contributed by atoms with van der Waals surface area (Å²) in [7, 11) is 0. The number of carboxylic acids is 1. The molecule has 0 saturated carbocycles. The molecule has 2 aromatic rings. The number of halogens is 3. The number of aliphatic carboxylic acids is 1. The van der Waals surface area contributed by atoms with E-state index in [1.54, 1.807) is 5.48 Å². The monoisotopic (exact) mass is 482 g/mol. The predicted octanol–water partition coefficient (Wildman–Crippen LogP) is 1.39. The highest BCUT2D eigenvalue weighted by Gasteiger charge is 2.38. The largest absolute Gasteiger partial charge is 0.490 e. The Bertz CT molecular complexity index is 949. The molecule has 34 heavy (non-hydrogen) atoms. The molecule has 0 aliphatic carbocycles. The molecule has 1 atom stereocenters. The van der Waals surface area contributed by atoms with Crippen LogP contribution in [0.25, 0.3) is 6.08 Å². The lowest BCUT2D eigenvalue weighted by Crippen LogP contribution is -2.50. The molecule has 0 bridgehead atoms. The summed E-state index contributed by atoms with van der Waals surface area (Å²) in [5.74, 6) is -2.80. The van der Waals surface area contributed by atoms with Crippen molar-refractivity contribution in [2.75, 3.05) is 37.6 Å². The minimum Gasteiger partial charge on any atom is -0.475 e. The number of carbonyl (C=O) groups excluding carboxylic acids is 1. The Morgan fingerprint density at radius 2 is 1.68 bits per heavy atom. The zero-order valence-corrected chi connectivity index (χ0v) is 18.0. The topological polar surface area (TPSA) is 145 Å². The predicted molar refractivity (Wildman–Crippen MR) is 117 cm³/mol. The van der Waals surface area contributed by atoms with E-state index in [4.69, 9.17) is 20.8 Å². The van der Waals surface area contributed by atoms with E-state index in [0.717, 1.165) is 38.3 Å². The van der Waals surface area contributed by atoms with Crippen LogP contribution in [0.4, 0.5) is 19.1 Å². The molecule has 1 aliphatic heterocycles. The van der Waals surface area contributed by atoms with Crippen LogP contribution in [0.2, 0.25) is 0 Å². The van der Waals surface area contributed by atoms with E-state index < -0.39 is 18.1 Å². The summed E-state index contributed by atoms with van der Waals surface area (Å²) in [5.41, 5.74) is 9.16. The van der Waals surface area contributed by atoms with Gasteiger partial charge in [-0.25, -0.2) is 20.2 Å². The molecule has 1 amide bonds. The number of nitrogens with zero attached hydrogens (tertiary/aromatic N) is 4. The maximum atomic E-state index is 11.3. The van der Waals surface area contributed by atoms with Gasteiger partial charge in [0.1, 0.15) is 0 Å². The molecule has 5 N–H and O–H groups in total. The van der Waals surface area contributed by atoms with Crippen LogP contribution in [-0.4, -0.2) is 82.0 Å². The molecule has 184 valence electrons. The molecule has 13 heteroatoms. The van der Waals surface area contributed by atoms with Gasteiger partial charge < -0.3 is 15.7 Å². The van der Waals surface area contributed by atoms with Crippen LogP contribution >= 0.6 is 0 Å². The van der Waals surface area contributed by atoms with Crippen LogP contribution in [0.1, 0.15) is 15.9 Å². The number of piperazine rings is 1. The van der Waals surface area contributed by atoms with E-state index in [2.05, 4.69) is 38.0 Å². The van der Waals surface area contributed by atoms with Gasteiger partial charge in [0, 0.05) is 51.2 Å². The van der Waals surface area contributed by atoms with E-state index in [-0.39, 0.29) is 11.6 Å². The van der Waals surface area contributed by atoms with Crippen molar-refractivity contribution in [3.8, 4) is 0 Å². The normalized spacial score (nSPS) is 15.4. The number of alkyl halides is 3. The van der Waals surface area contributed by atoms with Crippen LogP contribution in [0.5, 0.6) is 0 Å². The van der Waals surface area contributed by atoms with Gasteiger partial charge in [0.2, 0.25) is 5.95 Å². The van der Waals surface area contributed by atoms with Crippen LogP contribution < -0.4 is 16.1 Å². The number of hydrogen-bond donors (Lipinski definition) is 4. The summed E-state index contributed by atoms with van der Waals surface area (Å²) in [6.07, 6.45) is 1.82. The third kappa shape index (κ3) is 8.77. The Hall–Kier alpha value is -3.55. The van der Waals surface area contributed by atoms with Crippen molar-refractivity contribution in [3.05, 3.63) is 59.9 Å². The van der Waals surface area contributed by atoms with Crippen molar-refractivity contribution >= 4 is 23.9 Å². The lowest BCUT2D eigenvalue weighted by atomic mass is 10.1. The molecule has 10 nitrogen and oxygen atoms in total. The number of carbonyl (C=O) groups is 2. The van der Waals surface area contributed by atoms with Crippen molar-refractivity contribution < 1.29 is 33.1 Å². The van der Waals surface area contributed by atoms with Crippen molar-refractivity contribution in [2.24, 2.45) is 5.73 Å². The molecule has 3 rings (SSSR count). The average molecular weight is 482 g/mol. The van der Waals surface area contributed by atoms with Gasteiger partial charge in [-0.1, -0.05) is 42.5 Å². The molecule has 1 aromatic heterocycles. The van der Waals surface area contributed by atoms with Gasteiger partial charge in [-0.2, -0.15) is 13.2 Å². The number of hydrogen-bond acceptors (Lipinski definition) is 8. The maximum Gasteiger partial charge on any atom is 0.490 e. The van der Waals surface area contributed by atoms with Gasteiger partial charge in [0.05, 0.1) is 5.56 Å². The third-order valence-corrected chi connectivity index (χ3v) is 4.70. The van der Waals surface area contributed by atoms with E-state index in [1.807, 2.05) is 24.3 Å². The van der Waals surface area contributed by atoms with Gasteiger partial charge >= 0.3 is 12.1 Å². The number of carboxylic acid groups (broad SMARTS) is 1. The van der Waals surface area contributed by atoms with Gasteiger partial charge in [-0.05, 0) is 5.56 Å². The zero-order chi connectivity index (χ0) is 25.1. The number of nitrogens with one attached hydrogen (secondary N) is 1. The number of amides is 1. The van der Waals surface area contributed by atoms with E-state index in [0.29, 0.717) is 5.95 Å². The second-order valence-corrected chi connectivity index (χ2v) is 7.24. The SMILES string of the molecule is NC(/C=C/c1ccccc1)CN1CCN(c2ncc(C(=O)NO)cn2)CC1.O=C(O)C(F)(F)F. The first-order valence-corrected chi connectivity index (χ1v) is 10.1. The second-order valence-electron chi connectivity index (χ2n) is 7.24. The van der Waals surface area contributed by atoms with Crippen molar-refractivity contribution in [1.29, 1.82) is 0 Å². The summed E-state index contributed by atoms with van der Waals surface area (Å²) in [4.78, 5) is 33.0. The highest BCUT2D eigenvalue weighted by Crippen LogP contribution is 2.13. The quantitative estimate of drug-likeness (QED) is 0.355. The van der Waals surface area contributed by atoms with Crippen molar-refractivity contribution in [2.45, 2.75) is 12.2 Å². The first-order valence-electron chi connectivity index (χ1n) is 10.1. The molecule has 1 aliphatic rings. The van der Waals surface area contributed by atoms with Crippen molar-refractivity contribution in [3.63, 3.8) is 0 Å². The summed E-state index contributed by atoms with van der Waals surface area (Å²) in [6, 6.07) is 10.1. The molecule has 2 heterocycles. The van der Waals surface area contributed by atoms with Crippen LogP contribution in [0.3, 0.4) is 0 Å². The minimum absolute atomic E-state index is 0.0238. The average Bonchev–Trinajstić information content (AvgIpc) is 2.83. The number of rotatable bonds is 6. The summed E-state index contributed by atoms with van der Waals surface area (Å²) in [6.45, 7) is 4.12. The van der Waals surface area contributed by atoms with Gasteiger partial charge in [0.15, 0.2) is 0 Å². The maximum absolute atomic E-state index is 11.3. The number of aromatic nitrogens is 2. The first-order chi connectivity index (χ1) is 16.1. The van der Waals surface area contributed by atoms with Crippen molar-refractivity contribution in [1.82, 2.24) is 20.3 Å². The van der Waals surface area contributed by atoms with E-state index in [9.17, 15) is 18.0 Å². The van der Waals surface area contributed by atoms with Crippen LogP contribution in [0.15, 0.2) is 48.8 Å². The molecule has 0 spiro atoms. The molecular formula is C21H25F3N6O4. The molecule has 1 aromatic carbocycles. The molecule has 0 radical (unpaired) electrons. The van der Waals surface area contributed by atoms with E-state index >= 15 is 0 Å². The van der Waals surface area contributed by atoms with Crippen LogP contribution in [-0.2, 0) is 4.79 Å². The lowest BCUT2D eigenvalue weighted by molar-refractivity contribution is -0.192. The fourth-order valence-electron chi connectivity index (χ4n) is 2.95. The molecule has 1 fully saturated rings. The minimum atomic E-state index is -5.08. The van der Waals surface area contributed by atoms with Gasteiger partial charge in [-0.3, -0.25) is 14.9 Å². The molecule has 1 unspecified atom stereocenters. The molecular weight excluding hydrogens is 457 g/mol. The smallest absolute Gasteiger partial charge is 0.475 e. The third-order valence-electron chi connectivity index (χ3n) is 4.70. The zero-order valence-electron chi connectivity index (χ0n) is 18.0. The van der Waals surface area contributed by atoms with Gasteiger partial charge in [0.25, 0.3) is 5.91 Å². The summed E-state index contributed by atoms with van der Waals surface area (Å²) >= 11 is 0. The highest BCUT2D eigenvalue weighted by atomic mass is 19.4. The Morgan fingerprint density at radius 1 is 1.12 bits per heavy atom. The number of anilines is 1. The van der Waals surface area contributed by atoms with Crippen LogP contribution in [0, 0.1) is 0 Å². The summed E-state index contributed by atoms with van der Waals surface area (Å²) < 4.78 is 31.7. The fraction of sp³-hybridized carbons (Fsp3) is 0.333. The first kappa shape index (κ1) is 26.7. The Labute approximate surface area is 193 Å². The Balaban J connectivity index is 0.000000509. The number of benzene rings is 1. The standard InChI is InChI=1S/C19H24N6O2.C2HF3O2/c20-17(7-6-15-4-2-1-3-5-15)14-24-8-10-25(11-9-24)19-21-12-16(13-22-19)18(26)23-27;3-2(4,5)1(6)7/h1-7,12-13,17,27H,8-11,14,20H2,(H,23,26);(H,6,7)/b7-6+;. The fourth-order valence-corrected chi connectivity index (χ4v) is 2.95. The number of hydroxylamine groups is 1. The second kappa shape index (κ2) is 12.6. The Kier molecular flexibility index (Phi) is 9.92. The van der Waals surface area contributed by atoms with E-state index in [1.165, 1.54) is 12.4 Å². The molecule has 1 saturated heterocycles.